The Hall–Kier alpha value is -2.64. The first-order valence-corrected chi connectivity index (χ1v) is 4.86. The number of hydrogen-bond acceptors (Lipinski definition) is 5. The third kappa shape index (κ3) is 1.73. The van der Waals surface area contributed by atoms with Gasteiger partial charge in [0.05, 0.1) is 17.2 Å². The van der Waals surface area contributed by atoms with Crippen molar-refractivity contribution >= 4 is 11.5 Å². The normalized spacial score (nSPS) is 10.6. The number of halogens is 1. The largest absolute Gasteiger partial charge is 0.502 e. The van der Waals surface area contributed by atoms with E-state index in [1.165, 1.54) is 10.9 Å². The Balaban J connectivity index is 2.72. The average molecular weight is 252 g/mol. The number of aryl methyl sites for hydroxylation is 1. The van der Waals surface area contributed by atoms with Gasteiger partial charge in [-0.2, -0.15) is 5.10 Å². The number of nitrogen functional groups attached to an aromatic ring is 1. The molecule has 1 aromatic heterocycles. The van der Waals surface area contributed by atoms with Gasteiger partial charge in [-0.3, -0.25) is 14.8 Å². The van der Waals surface area contributed by atoms with Crippen molar-refractivity contribution in [1.29, 1.82) is 0 Å². The zero-order valence-corrected chi connectivity index (χ0v) is 9.29. The number of rotatable bonds is 2. The topological polar surface area (TPSA) is 107 Å². The lowest BCUT2D eigenvalue weighted by atomic mass is 10.1. The van der Waals surface area contributed by atoms with Crippen molar-refractivity contribution in [2.75, 3.05) is 5.73 Å². The number of phenols is 1. The van der Waals surface area contributed by atoms with Crippen LogP contribution < -0.4 is 5.73 Å². The Kier molecular flexibility index (Phi) is 2.62. The molecule has 7 nitrogen and oxygen atoms in total. The summed E-state index contributed by atoms with van der Waals surface area (Å²) in [4.78, 5) is 9.81. The van der Waals surface area contributed by atoms with Crippen LogP contribution in [0.5, 0.6) is 5.75 Å². The lowest BCUT2D eigenvalue weighted by Gasteiger charge is -2.05. The first kappa shape index (κ1) is 11.8. The second-order valence-corrected chi connectivity index (χ2v) is 3.65. The van der Waals surface area contributed by atoms with E-state index in [2.05, 4.69) is 5.10 Å². The summed E-state index contributed by atoms with van der Waals surface area (Å²) in [5.41, 5.74) is 5.13. The molecule has 1 aromatic carbocycles. The van der Waals surface area contributed by atoms with Gasteiger partial charge >= 0.3 is 5.69 Å². The molecule has 0 spiro atoms. The summed E-state index contributed by atoms with van der Waals surface area (Å²) in [6.07, 6.45) is 1.30. The van der Waals surface area contributed by atoms with Crippen molar-refractivity contribution in [2.24, 2.45) is 7.05 Å². The summed E-state index contributed by atoms with van der Waals surface area (Å²) in [6, 6.07) is 1.61. The minimum absolute atomic E-state index is 0.0627. The molecule has 0 fully saturated rings. The Morgan fingerprint density at radius 3 is 2.67 bits per heavy atom. The van der Waals surface area contributed by atoms with Gasteiger partial charge in [0.15, 0.2) is 0 Å². The van der Waals surface area contributed by atoms with Crippen molar-refractivity contribution in [1.82, 2.24) is 9.78 Å². The molecule has 2 rings (SSSR count). The summed E-state index contributed by atoms with van der Waals surface area (Å²) in [6.45, 7) is 0. The lowest BCUT2D eigenvalue weighted by Crippen LogP contribution is -1.99. The van der Waals surface area contributed by atoms with Gasteiger partial charge in [0.2, 0.25) is 5.75 Å². The Bertz CT molecular complexity index is 638. The SMILES string of the molecule is Cn1ncc(-c2cc(F)cc([N+](=O)[O-])c2O)c1N. The molecule has 0 unspecified atom stereocenters. The molecule has 0 amide bonds. The molecule has 1 heterocycles. The molecule has 0 radical (unpaired) electrons. The number of nitrogens with zero attached hydrogens (tertiary/aromatic N) is 3. The van der Waals surface area contributed by atoms with E-state index >= 15 is 0 Å². The maximum atomic E-state index is 13.3. The third-order valence-corrected chi connectivity index (χ3v) is 2.53. The van der Waals surface area contributed by atoms with Crippen LogP contribution in [0.15, 0.2) is 18.3 Å². The van der Waals surface area contributed by atoms with Crippen molar-refractivity contribution in [3.8, 4) is 16.9 Å². The van der Waals surface area contributed by atoms with Crippen molar-refractivity contribution < 1.29 is 14.4 Å². The van der Waals surface area contributed by atoms with Gasteiger partial charge in [-0.25, -0.2) is 4.39 Å². The standard InChI is InChI=1S/C10H9FN4O3/c1-14-10(12)7(4-13-14)6-2-5(11)3-8(9(6)16)15(17)18/h2-4,16H,12H2,1H3. The van der Waals surface area contributed by atoms with E-state index in [0.717, 1.165) is 6.07 Å². The number of nitro groups is 1. The van der Waals surface area contributed by atoms with Crippen molar-refractivity contribution in [3.05, 3.63) is 34.3 Å². The monoisotopic (exact) mass is 252 g/mol. The zero-order chi connectivity index (χ0) is 13.4. The van der Waals surface area contributed by atoms with Crippen LogP contribution in [0.1, 0.15) is 0 Å². The minimum atomic E-state index is -0.867. The predicted octanol–water partition coefficient (Wildman–Crippen LogP) is 1.42. The van der Waals surface area contributed by atoms with Crippen LogP contribution in [-0.4, -0.2) is 19.8 Å². The van der Waals surface area contributed by atoms with Gasteiger partial charge in [-0.1, -0.05) is 0 Å². The van der Waals surface area contributed by atoms with Crippen LogP contribution in [0.3, 0.4) is 0 Å². The fourth-order valence-corrected chi connectivity index (χ4v) is 1.58. The first-order chi connectivity index (χ1) is 8.41. The summed E-state index contributed by atoms with van der Waals surface area (Å²) in [7, 11) is 1.56. The lowest BCUT2D eigenvalue weighted by molar-refractivity contribution is -0.386. The molecule has 2 aromatic rings. The zero-order valence-electron chi connectivity index (χ0n) is 9.29. The summed E-state index contributed by atoms with van der Waals surface area (Å²) >= 11 is 0. The van der Waals surface area contributed by atoms with Crippen LogP contribution >= 0.6 is 0 Å². The second-order valence-electron chi connectivity index (χ2n) is 3.65. The van der Waals surface area contributed by atoms with Crippen LogP contribution in [0.2, 0.25) is 0 Å². The highest BCUT2D eigenvalue weighted by molar-refractivity contribution is 5.81. The Morgan fingerprint density at radius 1 is 1.50 bits per heavy atom. The van der Waals surface area contributed by atoms with Gasteiger partial charge in [0.25, 0.3) is 0 Å². The van der Waals surface area contributed by atoms with E-state index in [1.54, 1.807) is 7.05 Å². The number of benzene rings is 1. The third-order valence-electron chi connectivity index (χ3n) is 2.53. The molecule has 0 aliphatic rings. The highest BCUT2D eigenvalue weighted by Crippen LogP contribution is 2.39. The van der Waals surface area contributed by atoms with Gasteiger partial charge in [-0.15, -0.1) is 0 Å². The molecule has 0 bridgehead atoms. The number of anilines is 1. The number of aromatic nitrogens is 2. The highest BCUT2D eigenvalue weighted by Gasteiger charge is 2.22. The maximum Gasteiger partial charge on any atom is 0.314 e. The smallest absolute Gasteiger partial charge is 0.314 e. The first-order valence-electron chi connectivity index (χ1n) is 4.86. The fourth-order valence-electron chi connectivity index (χ4n) is 1.58. The van der Waals surface area contributed by atoms with Crippen LogP contribution in [0.25, 0.3) is 11.1 Å². The Morgan fingerprint density at radius 2 is 2.17 bits per heavy atom. The van der Waals surface area contributed by atoms with E-state index in [1.807, 2.05) is 0 Å². The molecule has 0 saturated heterocycles. The minimum Gasteiger partial charge on any atom is -0.502 e. The van der Waals surface area contributed by atoms with Crippen molar-refractivity contribution in [2.45, 2.75) is 0 Å². The number of nitro benzene ring substituents is 1. The number of hydrogen-bond donors (Lipinski definition) is 2. The summed E-state index contributed by atoms with van der Waals surface area (Å²) < 4.78 is 14.6. The van der Waals surface area contributed by atoms with E-state index in [-0.39, 0.29) is 16.9 Å². The average Bonchev–Trinajstić information content (AvgIpc) is 2.62. The van der Waals surface area contributed by atoms with E-state index in [4.69, 9.17) is 5.73 Å². The van der Waals surface area contributed by atoms with E-state index < -0.39 is 22.2 Å². The van der Waals surface area contributed by atoms with Gasteiger partial charge < -0.3 is 10.8 Å². The van der Waals surface area contributed by atoms with E-state index in [0.29, 0.717) is 6.07 Å². The fraction of sp³-hybridized carbons (Fsp3) is 0.100. The molecule has 94 valence electrons. The number of nitrogens with two attached hydrogens (primary N) is 1. The molecule has 0 aliphatic heterocycles. The molecular formula is C10H9FN4O3. The summed E-state index contributed by atoms with van der Waals surface area (Å²) in [5, 5.41) is 24.3. The molecule has 3 N–H and O–H groups in total. The highest BCUT2D eigenvalue weighted by atomic mass is 19.1. The van der Waals surface area contributed by atoms with Gasteiger partial charge in [0.1, 0.15) is 11.6 Å². The van der Waals surface area contributed by atoms with Crippen molar-refractivity contribution in [3.63, 3.8) is 0 Å². The molecule has 8 heteroatoms. The van der Waals surface area contributed by atoms with Crippen LogP contribution in [0, 0.1) is 15.9 Å². The molecule has 0 atom stereocenters. The molecular weight excluding hydrogens is 243 g/mol. The van der Waals surface area contributed by atoms with Crippen LogP contribution in [-0.2, 0) is 7.05 Å². The van der Waals surface area contributed by atoms with Gasteiger partial charge in [-0.05, 0) is 6.07 Å². The maximum absolute atomic E-state index is 13.3. The number of aromatic hydroxyl groups is 1. The second kappa shape index (κ2) is 3.99. The van der Waals surface area contributed by atoms with Gasteiger partial charge in [0, 0.05) is 18.2 Å². The summed E-state index contributed by atoms with van der Waals surface area (Å²) in [5.74, 6) is -1.30. The Labute approximate surface area is 100 Å². The predicted molar refractivity (Wildman–Crippen MR) is 61.3 cm³/mol. The van der Waals surface area contributed by atoms with E-state index in [9.17, 15) is 19.6 Å². The quantitative estimate of drug-likeness (QED) is 0.620. The molecule has 0 aliphatic carbocycles. The molecule has 18 heavy (non-hydrogen) atoms. The van der Waals surface area contributed by atoms with Crippen LogP contribution in [0.4, 0.5) is 15.9 Å². The molecule has 0 saturated carbocycles. The number of phenolic OH excluding ortho intramolecular Hbond substituents is 1.